The molecule has 0 aliphatic rings. The van der Waals surface area contributed by atoms with Gasteiger partial charge in [0.1, 0.15) is 0 Å². The molecule has 0 aliphatic heterocycles. The van der Waals surface area contributed by atoms with Gasteiger partial charge in [-0.3, -0.25) is 0 Å². The third-order valence-corrected chi connectivity index (χ3v) is 8.19. The number of aliphatic carboxylic acids is 2. The van der Waals surface area contributed by atoms with Crippen LogP contribution in [-0.2, 0) is 9.59 Å². The van der Waals surface area contributed by atoms with Crippen LogP contribution < -0.4 is 10.2 Å². The summed E-state index contributed by atoms with van der Waals surface area (Å²) in [5.74, 6) is -1.81. The van der Waals surface area contributed by atoms with Gasteiger partial charge in [-0.2, -0.15) is 0 Å². The van der Waals surface area contributed by atoms with Gasteiger partial charge in [0.25, 0.3) is 0 Å². The summed E-state index contributed by atoms with van der Waals surface area (Å²) in [5, 5.41) is 28.3. The van der Waals surface area contributed by atoms with Crippen LogP contribution in [0, 0.1) is 0 Å². The van der Waals surface area contributed by atoms with Crippen LogP contribution in [0.15, 0.2) is 0 Å². The van der Waals surface area contributed by atoms with E-state index in [1.165, 1.54) is 167 Å². The number of hydrogen-bond acceptors (Lipinski definition) is 5. The van der Waals surface area contributed by atoms with E-state index in [0.29, 0.717) is 6.61 Å². The summed E-state index contributed by atoms with van der Waals surface area (Å²) in [6.45, 7) is 6.78. The van der Waals surface area contributed by atoms with E-state index in [-0.39, 0.29) is 63.0 Å². The summed E-state index contributed by atoms with van der Waals surface area (Å²) in [5.41, 5.74) is 0. The summed E-state index contributed by atoms with van der Waals surface area (Å²) in [6.07, 6.45) is 40.6. The fourth-order valence-corrected chi connectivity index (χ4v) is 5.28. The first kappa shape index (κ1) is 55.8. The molecule has 0 unspecified atom stereocenters. The number of carboxylic acids is 2. The predicted molar refractivity (Wildman–Crippen MR) is 199 cm³/mol. The maximum Gasteiger partial charge on any atom is 2.00 e. The number of carbonyl (C=O) groups excluding carboxylic acids is 2. The van der Waals surface area contributed by atoms with Crippen molar-refractivity contribution in [2.75, 3.05) is 6.61 Å². The maximum atomic E-state index is 10.2. The van der Waals surface area contributed by atoms with Gasteiger partial charge in [0.2, 0.25) is 0 Å². The first-order valence-electron chi connectivity index (χ1n) is 19.5. The van der Waals surface area contributed by atoms with E-state index in [4.69, 9.17) is 5.11 Å². The Labute approximate surface area is 324 Å². The summed E-state index contributed by atoms with van der Waals surface area (Å²) in [6, 6.07) is 0. The summed E-state index contributed by atoms with van der Waals surface area (Å²) < 4.78 is 0. The zero-order chi connectivity index (χ0) is 33.2. The molecular formula is C39H79CaClO5. The van der Waals surface area contributed by atoms with Gasteiger partial charge >= 0.3 is 37.7 Å². The van der Waals surface area contributed by atoms with Crippen LogP contribution in [0.2, 0.25) is 0 Å². The molecule has 0 aromatic carbocycles. The van der Waals surface area contributed by atoms with Gasteiger partial charge < -0.3 is 24.9 Å². The van der Waals surface area contributed by atoms with Gasteiger partial charge in [-0.05, 0) is 32.1 Å². The van der Waals surface area contributed by atoms with Gasteiger partial charge in [-0.15, -0.1) is 12.4 Å². The number of carbonyl (C=O) groups is 2. The summed E-state index contributed by atoms with van der Waals surface area (Å²) in [7, 11) is 0. The maximum absolute atomic E-state index is 10.2. The number of aliphatic hydroxyl groups is 1. The Balaban J connectivity index is -0.000000210. The van der Waals surface area contributed by atoms with Crippen molar-refractivity contribution in [2.45, 2.75) is 233 Å². The fourth-order valence-electron chi connectivity index (χ4n) is 5.28. The molecule has 0 fully saturated rings. The third-order valence-electron chi connectivity index (χ3n) is 8.19. The van der Waals surface area contributed by atoms with Gasteiger partial charge in [-0.1, -0.05) is 201 Å². The van der Waals surface area contributed by atoms with Crippen LogP contribution in [0.5, 0.6) is 0 Å². The van der Waals surface area contributed by atoms with Crippen molar-refractivity contribution in [3.8, 4) is 0 Å². The van der Waals surface area contributed by atoms with E-state index >= 15 is 0 Å². The van der Waals surface area contributed by atoms with Gasteiger partial charge in [0, 0.05) is 18.5 Å². The standard InChI is InChI=1S/2C18H36O2.C3H8O.Ca.ClH/c2*1-2-3-4-5-6-7-8-9-10-11-12-13-14-15-16-17-18(19)20;1-2-3-4;;/h2*2-17H2,1H3,(H,19,20);4H,2-3H2,1H3;;1H/q;;;+2;/p-2. The molecule has 0 heterocycles. The third kappa shape index (κ3) is 66.8. The Morgan fingerprint density at radius 2 is 0.522 bits per heavy atom. The van der Waals surface area contributed by atoms with E-state index in [1.807, 2.05) is 6.92 Å². The minimum Gasteiger partial charge on any atom is -0.550 e. The average molecular weight is 704 g/mol. The Morgan fingerprint density at radius 3 is 0.652 bits per heavy atom. The average Bonchev–Trinajstić information content (AvgIpc) is 3.01. The van der Waals surface area contributed by atoms with Crippen LogP contribution >= 0.6 is 12.4 Å². The molecule has 0 aromatic rings. The molecule has 1 N–H and O–H groups in total. The molecule has 0 atom stereocenters. The molecule has 0 saturated carbocycles. The number of hydrogen-bond donors (Lipinski definition) is 1. The predicted octanol–water partition coefficient (Wildman–Crippen LogP) is 10.4. The molecule has 7 heteroatoms. The monoisotopic (exact) mass is 703 g/mol. The van der Waals surface area contributed by atoms with E-state index in [1.54, 1.807) is 0 Å². The number of rotatable bonds is 33. The molecule has 0 radical (unpaired) electrons. The van der Waals surface area contributed by atoms with Crippen molar-refractivity contribution >= 4 is 62.1 Å². The first-order valence-corrected chi connectivity index (χ1v) is 19.5. The Morgan fingerprint density at radius 1 is 0.370 bits per heavy atom. The van der Waals surface area contributed by atoms with Crippen molar-refractivity contribution < 1.29 is 24.9 Å². The normalized spacial score (nSPS) is 10.1. The van der Waals surface area contributed by atoms with Crippen molar-refractivity contribution in [3.05, 3.63) is 0 Å². The van der Waals surface area contributed by atoms with Crippen molar-refractivity contribution in [3.63, 3.8) is 0 Å². The molecular weight excluding hydrogens is 624 g/mol. The van der Waals surface area contributed by atoms with Crippen LogP contribution in [0.4, 0.5) is 0 Å². The van der Waals surface area contributed by atoms with E-state index < -0.39 is 11.9 Å². The molecule has 0 aromatic heterocycles. The van der Waals surface area contributed by atoms with Crippen molar-refractivity contribution in [2.24, 2.45) is 0 Å². The number of unbranched alkanes of at least 4 members (excludes halogenated alkanes) is 28. The number of aliphatic hydroxyl groups excluding tert-OH is 1. The summed E-state index contributed by atoms with van der Waals surface area (Å²) >= 11 is 0. The van der Waals surface area contributed by atoms with E-state index in [0.717, 1.165) is 32.1 Å². The van der Waals surface area contributed by atoms with E-state index in [9.17, 15) is 19.8 Å². The van der Waals surface area contributed by atoms with Crippen LogP contribution in [0.25, 0.3) is 0 Å². The molecule has 0 saturated heterocycles. The minimum absolute atomic E-state index is 0. The zero-order valence-corrected chi connectivity index (χ0v) is 34.3. The Kier molecular flexibility index (Phi) is 66.6. The summed E-state index contributed by atoms with van der Waals surface area (Å²) in [4.78, 5) is 20.4. The van der Waals surface area contributed by atoms with Crippen molar-refractivity contribution in [1.82, 2.24) is 0 Å². The molecule has 0 spiro atoms. The minimum atomic E-state index is -0.903. The second-order valence-corrected chi connectivity index (χ2v) is 12.9. The largest absolute Gasteiger partial charge is 2.00 e. The smallest absolute Gasteiger partial charge is 0.550 e. The van der Waals surface area contributed by atoms with Crippen molar-refractivity contribution in [1.29, 1.82) is 0 Å². The Hall–Kier alpha value is 0.450. The molecule has 0 rings (SSSR count). The van der Waals surface area contributed by atoms with Gasteiger partial charge in [0.05, 0.1) is 0 Å². The molecule has 5 nitrogen and oxygen atoms in total. The molecule has 274 valence electrons. The van der Waals surface area contributed by atoms with Crippen LogP contribution in [-0.4, -0.2) is 61.4 Å². The van der Waals surface area contributed by atoms with Gasteiger partial charge in [0.15, 0.2) is 0 Å². The fraction of sp³-hybridized carbons (Fsp3) is 0.949. The SMILES string of the molecule is CCCCCCCCCCCCCCCCCC(=O)[O-].CCCCCCCCCCCCCCCCCC(=O)[O-].CCCO.Cl.[Ca+2]. The van der Waals surface area contributed by atoms with Crippen LogP contribution in [0.3, 0.4) is 0 Å². The molecule has 0 aliphatic carbocycles. The Bertz CT molecular complexity index is 491. The molecule has 0 amide bonds. The number of halogens is 1. The second kappa shape index (κ2) is 54.9. The molecule has 46 heavy (non-hydrogen) atoms. The topological polar surface area (TPSA) is 100 Å². The first-order chi connectivity index (χ1) is 21.5. The zero-order valence-electron chi connectivity index (χ0n) is 31.2. The second-order valence-electron chi connectivity index (χ2n) is 12.9. The molecule has 0 bridgehead atoms. The van der Waals surface area contributed by atoms with E-state index in [2.05, 4.69) is 13.8 Å². The number of carboxylic acid groups (broad SMARTS) is 2. The van der Waals surface area contributed by atoms with Crippen LogP contribution in [0.1, 0.15) is 233 Å². The quantitative estimate of drug-likeness (QED) is 0.0542. The van der Waals surface area contributed by atoms with Gasteiger partial charge in [-0.25, -0.2) is 0 Å².